The molecule has 4 aliphatic carbocycles. The zero-order valence-corrected chi connectivity index (χ0v) is 19.6. The van der Waals surface area contributed by atoms with Crippen LogP contribution in [0.2, 0.25) is 0 Å². The van der Waals surface area contributed by atoms with Gasteiger partial charge in [0.1, 0.15) is 12.0 Å². The molecule has 32 heavy (non-hydrogen) atoms. The third-order valence-corrected chi connectivity index (χ3v) is 9.45. The predicted octanol–water partition coefficient (Wildman–Crippen LogP) is 5.25. The second kappa shape index (κ2) is 7.29. The minimum atomic E-state index is -2.31. The smallest absolute Gasteiger partial charge is 0.306 e. The summed E-state index contributed by atoms with van der Waals surface area (Å²) < 4.78 is 53.1. The lowest BCUT2D eigenvalue weighted by atomic mass is 9.44. The van der Waals surface area contributed by atoms with E-state index in [0.29, 0.717) is 6.42 Å². The maximum atomic E-state index is 17.1. The van der Waals surface area contributed by atoms with Gasteiger partial charge in [0.15, 0.2) is 11.3 Å². The summed E-state index contributed by atoms with van der Waals surface area (Å²) in [6, 6.07) is 0. The molecular weight excluding hydrogens is 441 g/mol. The van der Waals surface area contributed by atoms with E-state index in [0.717, 1.165) is 0 Å². The molecule has 4 aliphatic rings. The van der Waals surface area contributed by atoms with Gasteiger partial charge in [-0.05, 0) is 44.3 Å². The van der Waals surface area contributed by atoms with Crippen molar-refractivity contribution in [2.45, 2.75) is 83.3 Å². The van der Waals surface area contributed by atoms with Crippen LogP contribution in [0.4, 0.5) is 13.2 Å². The largest absolute Gasteiger partial charge is 0.499 e. The maximum absolute atomic E-state index is 17.1. The fourth-order valence-corrected chi connectivity index (χ4v) is 8.21. The van der Waals surface area contributed by atoms with Crippen LogP contribution in [0.1, 0.15) is 59.8 Å². The van der Waals surface area contributed by atoms with E-state index >= 15 is 8.78 Å². The van der Waals surface area contributed by atoms with Crippen molar-refractivity contribution >= 4 is 23.2 Å². The van der Waals surface area contributed by atoms with Gasteiger partial charge in [0.05, 0.1) is 6.10 Å². The van der Waals surface area contributed by atoms with Crippen molar-refractivity contribution < 1.29 is 32.9 Å². The van der Waals surface area contributed by atoms with Crippen molar-refractivity contribution in [3.63, 3.8) is 0 Å². The van der Waals surface area contributed by atoms with Crippen LogP contribution in [0.15, 0.2) is 23.6 Å². The van der Waals surface area contributed by atoms with Gasteiger partial charge in [-0.25, -0.2) is 13.2 Å². The van der Waals surface area contributed by atoms with Gasteiger partial charge in [-0.15, -0.1) is 0 Å². The summed E-state index contributed by atoms with van der Waals surface area (Å²) in [5, 5.41) is 21.4. The van der Waals surface area contributed by atoms with E-state index in [1.54, 1.807) is 20.8 Å². The van der Waals surface area contributed by atoms with Gasteiger partial charge in [0, 0.05) is 41.1 Å². The summed E-state index contributed by atoms with van der Waals surface area (Å²) in [4.78, 5) is 12.3. The number of allylic oxidation sites excluding steroid dienone is 4. The Hall–Kier alpha value is -1.41. The van der Waals surface area contributed by atoms with Crippen LogP contribution in [-0.2, 0) is 9.53 Å². The van der Waals surface area contributed by atoms with E-state index in [2.05, 4.69) is 0 Å². The van der Waals surface area contributed by atoms with Crippen molar-refractivity contribution in [1.82, 2.24) is 0 Å². The number of hydrogen-bond acceptors (Lipinski definition) is 4. The second-order valence-electron chi connectivity index (χ2n) is 10.5. The van der Waals surface area contributed by atoms with Crippen molar-refractivity contribution in [2.24, 2.45) is 28.6 Å². The molecule has 4 nitrogen and oxygen atoms in total. The van der Waals surface area contributed by atoms with Crippen LogP contribution < -0.4 is 0 Å². The topological polar surface area (TPSA) is 66.8 Å². The summed E-state index contributed by atoms with van der Waals surface area (Å²) >= 11 is 5.18. The molecule has 0 radical (unpaired) electrons. The van der Waals surface area contributed by atoms with Crippen LogP contribution in [-0.4, -0.2) is 44.8 Å². The zero-order valence-electron chi connectivity index (χ0n) is 18.8. The summed E-state index contributed by atoms with van der Waals surface area (Å²) in [5.74, 6) is -3.24. The molecular formula is C24H31F3O4S. The molecule has 0 saturated heterocycles. The second-order valence-corrected chi connectivity index (χ2v) is 10.8. The van der Waals surface area contributed by atoms with E-state index in [1.807, 2.05) is 0 Å². The highest BCUT2D eigenvalue weighted by Gasteiger charge is 2.77. The first-order valence-corrected chi connectivity index (χ1v) is 11.7. The standard InChI is InChI=1S/C24H31F3O4S/c1-5-18(29)31-24(20(30)32)12(2)9-13-14-10-16(26)19-15(25)7-6-8-21(19,3)23(14,27)17(28)11-22(13,24)4/h6,8,12-14,16-17,28H,5,7,9-11H2,1-4H3,(H,30,32)/t12-,13+,14+,16+,17+,21+,22+,23+,24+/m1/s1. The number of aliphatic hydroxyl groups excluding tert-OH is 2. The number of ether oxygens (including phenoxy) is 1. The molecule has 3 fully saturated rings. The number of carbonyl (C=O) groups excluding carboxylic acids is 1. The number of halogens is 3. The molecule has 0 aromatic heterocycles. The van der Waals surface area contributed by atoms with E-state index in [1.165, 1.54) is 19.1 Å². The van der Waals surface area contributed by atoms with Crippen LogP contribution >= 0.6 is 12.2 Å². The molecule has 0 amide bonds. The average molecular weight is 473 g/mol. The highest BCUT2D eigenvalue weighted by Crippen LogP contribution is 2.72. The van der Waals surface area contributed by atoms with Gasteiger partial charge in [-0.1, -0.05) is 32.9 Å². The lowest BCUT2D eigenvalue weighted by Gasteiger charge is -2.63. The van der Waals surface area contributed by atoms with Gasteiger partial charge < -0.3 is 14.9 Å². The van der Waals surface area contributed by atoms with Gasteiger partial charge in [-0.3, -0.25) is 4.79 Å². The SMILES string of the molecule is CCC(=O)O[C@]1(C(O)=S)[C@H](C)C[C@H]2[C@@H]3C[C@H](F)C4=C(F)CC=C[C@]4(C)[C@@]3(F)[C@@H](O)C[C@@]21C. The van der Waals surface area contributed by atoms with Crippen LogP contribution in [0.25, 0.3) is 0 Å². The third kappa shape index (κ3) is 2.59. The highest BCUT2D eigenvalue weighted by molar-refractivity contribution is 7.80. The van der Waals surface area contributed by atoms with Gasteiger partial charge >= 0.3 is 5.97 Å². The molecule has 0 bridgehead atoms. The Bertz CT molecular complexity index is 921. The first-order chi connectivity index (χ1) is 14.8. The maximum Gasteiger partial charge on any atom is 0.306 e. The van der Waals surface area contributed by atoms with E-state index in [-0.39, 0.29) is 31.3 Å². The van der Waals surface area contributed by atoms with E-state index < -0.39 is 69.0 Å². The van der Waals surface area contributed by atoms with Crippen LogP contribution in [0, 0.1) is 28.6 Å². The molecule has 4 rings (SSSR count). The summed E-state index contributed by atoms with van der Waals surface area (Å²) in [6.45, 7) is 6.57. The molecule has 8 heteroatoms. The Balaban J connectivity index is 1.88. The Morgan fingerprint density at radius 1 is 1.31 bits per heavy atom. The first kappa shape index (κ1) is 23.7. The Morgan fingerprint density at radius 3 is 2.56 bits per heavy atom. The fraction of sp³-hybridized carbons (Fsp3) is 0.750. The zero-order chi connectivity index (χ0) is 23.9. The molecule has 9 atom stereocenters. The van der Waals surface area contributed by atoms with Gasteiger partial charge in [0.25, 0.3) is 0 Å². The number of alkyl halides is 2. The number of hydrogen-bond donors (Lipinski definition) is 2. The lowest BCUT2D eigenvalue weighted by molar-refractivity contribution is -0.222. The summed E-state index contributed by atoms with van der Waals surface area (Å²) in [5.41, 5.74) is -6.87. The molecule has 0 heterocycles. The first-order valence-electron chi connectivity index (χ1n) is 11.3. The predicted molar refractivity (Wildman–Crippen MR) is 117 cm³/mol. The fourth-order valence-electron chi connectivity index (χ4n) is 7.73. The molecule has 0 unspecified atom stereocenters. The molecule has 3 saturated carbocycles. The number of esters is 1. The summed E-state index contributed by atoms with van der Waals surface area (Å²) in [7, 11) is 0. The van der Waals surface area contributed by atoms with Gasteiger partial charge in [-0.2, -0.15) is 0 Å². The number of thiocarbonyl (C=S) groups is 1. The Kier molecular flexibility index (Phi) is 5.41. The minimum Gasteiger partial charge on any atom is -0.499 e. The molecule has 178 valence electrons. The quantitative estimate of drug-likeness (QED) is 0.334. The van der Waals surface area contributed by atoms with Crippen molar-refractivity contribution in [1.29, 1.82) is 0 Å². The van der Waals surface area contributed by atoms with Gasteiger partial charge in [0.2, 0.25) is 5.05 Å². The number of aliphatic hydroxyl groups is 2. The lowest BCUT2D eigenvalue weighted by Crippen LogP contribution is -2.70. The summed E-state index contributed by atoms with van der Waals surface area (Å²) in [6.07, 6.45) is -0.474. The molecule has 0 aliphatic heterocycles. The Morgan fingerprint density at radius 2 is 1.97 bits per heavy atom. The number of fused-ring (bicyclic) bond motifs is 5. The van der Waals surface area contributed by atoms with Crippen molar-refractivity contribution in [3.05, 3.63) is 23.6 Å². The average Bonchev–Trinajstić information content (AvgIpc) is 2.92. The molecule has 2 N–H and O–H groups in total. The minimum absolute atomic E-state index is 0.0553. The Labute approximate surface area is 191 Å². The van der Waals surface area contributed by atoms with E-state index in [4.69, 9.17) is 17.0 Å². The number of carbonyl (C=O) groups is 1. The molecule has 0 aromatic carbocycles. The van der Waals surface area contributed by atoms with Crippen molar-refractivity contribution in [2.75, 3.05) is 0 Å². The van der Waals surface area contributed by atoms with E-state index in [9.17, 15) is 19.4 Å². The normalized spacial score (nSPS) is 49.8. The monoisotopic (exact) mass is 472 g/mol. The van der Waals surface area contributed by atoms with Crippen LogP contribution in [0.3, 0.4) is 0 Å². The third-order valence-electron chi connectivity index (χ3n) is 9.15. The highest BCUT2D eigenvalue weighted by atomic mass is 32.1. The number of rotatable bonds is 3. The molecule has 0 aromatic rings. The van der Waals surface area contributed by atoms with Crippen LogP contribution in [0.5, 0.6) is 0 Å². The molecule has 0 spiro atoms. The van der Waals surface area contributed by atoms with Crippen molar-refractivity contribution in [3.8, 4) is 0 Å².